The molecular formula is C19H21NO6S. The van der Waals surface area contributed by atoms with Gasteiger partial charge in [-0.05, 0) is 23.3 Å². The minimum Gasteiger partial charge on any atom is -0.461 e. The molecule has 0 aromatic heterocycles. The highest BCUT2D eigenvalue weighted by atomic mass is 32.2. The van der Waals surface area contributed by atoms with E-state index in [0.29, 0.717) is 5.56 Å². The van der Waals surface area contributed by atoms with E-state index < -0.39 is 22.1 Å². The van der Waals surface area contributed by atoms with Gasteiger partial charge in [0.25, 0.3) is 0 Å². The Hall–Kier alpha value is -2.87. The van der Waals surface area contributed by atoms with E-state index in [2.05, 4.69) is 5.32 Å². The average molecular weight is 391 g/mol. The Morgan fingerprint density at radius 1 is 1.04 bits per heavy atom. The average Bonchev–Trinajstić information content (AvgIpc) is 2.59. The first-order valence-electron chi connectivity index (χ1n) is 8.19. The molecule has 1 atom stereocenters. The molecular weight excluding hydrogens is 370 g/mol. The van der Waals surface area contributed by atoms with Crippen molar-refractivity contribution in [2.45, 2.75) is 26.0 Å². The summed E-state index contributed by atoms with van der Waals surface area (Å²) in [5.74, 6) is -0.615. The fraction of sp³-hybridized carbons (Fsp3) is 0.263. The second-order valence-corrected chi connectivity index (χ2v) is 7.53. The molecule has 0 aliphatic carbocycles. The fourth-order valence-corrected chi connectivity index (χ4v) is 2.85. The predicted octanol–water partition coefficient (Wildman–Crippen LogP) is 2.34. The normalized spacial score (nSPS) is 12.1. The lowest BCUT2D eigenvalue weighted by Gasteiger charge is -2.18. The van der Waals surface area contributed by atoms with Crippen LogP contribution in [0.15, 0.2) is 54.6 Å². The Morgan fingerprint density at radius 3 is 2.22 bits per heavy atom. The summed E-state index contributed by atoms with van der Waals surface area (Å²) >= 11 is 0. The SMILES string of the molecule is CC(=O)NC(CC(=O)OCc1ccccc1)c1ccc(OS(C)(=O)=O)cc1. The first-order chi connectivity index (χ1) is 12.7. The second-order valence-electron chi connectivity index (χ2n) is 5.96. The Labute approximate surface area is 158 Å². The van der Waals surface area contributed by atoms with Crippen molar-refractivity contribution in [3.8, 4) is 5.75 Å². The number of amides is 1. The van der Waals surface area contributed by atoms with Crippen molar-refractivity contribution in [1.29, 1.82) is 0 Å². The molecule has 0 saturated carbocycles. The number of carbonyl (C=O) groups excluding carboxylic acids is 2. The molecule has 0 saturated heterocycles. The third-order valence-corrected chi connectivity index (χ3v) is 4.02. The van der Waals surface area contributed by atoms with Crippen molar-refractivity contribution in [2.24, 2.45) is 0 Å². The summed E-state index contributed by atoms with van der Waals surface area (Å²) in [7, 11) is -3.63. The lowest BCUT2D eigenvalue weighted by Crippen LogP contribution is -2.28. The second kappa shape index (κ2) is 9.18. The van der Waals surface area contributed by atoms with E-state index in [4.69, 9.17) is 8.92 Å². The quantitative estimate of drug-likeness (QED) is 0.548. The van der Waals surface area contributed by atoms with Crippen LogP contribution in [0.5, 0.6) is 5.75 Å². The fourth-order valence-electron chi connectivity index (χ4n) is 2.39. The molecule has 0 bridgehead atoms. The monoisotopic (exact) mass is 391 g/mol. The van der Waals surface area contributed by atoms with Gasteiger partial charge in [0.15, 0.2) is 0 Å². The maximum Gasteiger partial charge on any atom is 0.308 e. The number of carbonyl (C=O) groups is 2. The van der Waals surface area contributed by atoms with Crippen molar-refractivity contribution >= 4 is 22.0 Å². The van der Waals surface area contributed by atoms with Crippen LogP contribution in [-0.4, -0.2) is 26.6 Å². The Morgan fingerprint density at radius 2 is 1.67 bits per heavy atom. The lowest BCUT2D eigenvalue weighted by atomic mass is 10.0. The molecule has 2 rings (SSSR count). The molecule has 1 unspecified atom stereocenters. The molecule has 0 fully saturated rings. The summed E-state index contributed by atoms with van der Waals surface area (Å²) in [5, 5.41) is 2.69. The van der Waals surface area contributed by atoms with E-state index in [1.807, 2.05) is 30.3 Å². The molecule has 0 spiro atoms. The van der Waals surface area contributed by atoms with Crippen molar-refractivity contribution < 1.29 is 26.9 Å². The van der Waals surface area contributed by atoms with Crippen LogP contribution < -0.4 is 9.50 Å². The van der Waals surface area contributed by atoms with Crippen molar-refractivity contribution in [3.63, 3.8) is 0 Å². The molecule has 27 heavy (non-hydrogen) atoms. The van der Waals surface area contributed by atoms with Crippen LogP contribution in [0.2, 0.25) is 0 Å². The van der Waals surface area contributed by atoms with E-state index in [1.165, 1.54) is 19.1 Å². The minimum absolute atomic E-state index is 0.0569. The van der Waals surface area contributed by atoms with Crippen molar-refractivity contribution in [3.05, 3.63) is 65.7 Å². The molecule has 1 N–H and O–H groups in total. The van der Waals surface area contributed by atoms with Gasteiger partial charge in [-0.15, -0.1) is 0 Å². The van der Waals surface area contributed by atoms with Gasteiger partial charge in [-0.25, -0.2) is 0 Å². The maximum absolute atomic E-state index is 12.2. The van der Waals surface area contributed by atoms with Crippen LogP contribution in [0.4, 0.5) is 0 Å². The highest BCUT2D eigenvalue weighted by Crippen LogP contribution is 2.22. The van der Waals surface area contributed by atoms with Gasteiger partial charge in [0, 0.05) is 6.92 Å². The van der Waals surface area contributed by atoms with Crippen LogP contribution in [0.25, 0.3) is 0 Å². The van der Waals surface area contributed by atoms with Gasteiger partial charge < -0.3 is 14.2 Å². The summed E-state index contributed by atoms with van der Waals surface area (Å²) in [6.45, 7) is 1.50. The first-order valence-corrected chi connectivity index (χ1v) is 10.0. The van der Waals surface area contributed by atoms with Gasteiger partial charge in [-0.2, -0.15) is 8.42 Å². The summed E-state index contributed by atoms with van der Waals surface area (Å²) in [4.78, 5) is 23.6. The largest absolute Gasteiger partial charge is 0.461 e. The lowest BCUT2D eigenvalue weighted by molar-refractivity contribution is -0.145. The summed E-state index contributed by atoms with van der Waals surface area (Å²) in [5.41, 5.74) is 1.49. The smallest absolute Gasteiger partial charge is 0.308 e. The number of hydrogen-bond donors (Lipinski definition) is 1. The van der Waals surface area contributed by atoms with Gasteiger partial charge in [0.1, 0.15) is 12.4 Å². The topological polar surface area (TPSA) is 98.8 Å². The van der Waals surface area contributed by atoms with E-state index in [1.54, 1.807) is 12.1 Å². The molecule has 7 nitrogen and oxygen atoms in total. The minimum atomic E-state index is -3.63. The van der Waals surface area contributed by atoms with Gasteiger partial charge in [0.2, 0.25) is 5.91 Å². The number of rotatable bonds is 8. The summed E-state index contributed by atoms with van der Waals surface area (Å²) in [6.07, 6.45) is 0.891. The molecule has 2 aromatic rings. The number of nitrogens with one attached hydrogen (secondary N) is 1. The Kier molecular flexibility index (Phi) is 6.95. The number of ether oxygens (including phenoxy) is 1. The van der Waals surface area contributed by atoms with Gasteiger partial charge in [-0.1, -0.05) is 42.5 Å². The Balaban J connectivity index is 2.03. The molecule has 8 heteroatoms. The number of esters is 1. The summed E-state index contributed by atoms with van der Waals surface area (Å²) in [6, 6.07) is 14.8. The standard InChI is InChI=1S/C19H21NO6S/c1-14(21)20-18(12-19(22)25-13-15-6-4-3-5-7-15)16-8-10-17(11-9-16)26-27(2,23)24/h3-11,18H,12-13H2,1-2H3,(H,20,21). The molecule has 0 aliphatic heterocycles. The Bertz CT molecular complexity index is 878. The molecule has 144 valence electrons. The summed E-state index contributed by atoms with van der Waals surface area (Å²) < 4.78 is 32.4. The van der Waals surface area contributed by atoms with E-state index in [-0.39, 0.29) is 24.7 Å². The van der Waals surface area contributed by atoms with Gasteiger partial charge >= 0.3 is 16.1 Å². The highest BCUT2D eigenvalue weighted by molar-refractivity contribution is 7.86. The molecule has 1 amide bonds. The highest BCUT2D eigenvalue weighted by Gasteiger charge is 2.18. The molecule has 0 radical (unpaired) electrons. The van der Waals surface area contributed by atoms with Crippen LogP contribution in [0.3, 0.4) is 0 Å². The van der Waals surface area contributed by atoms with E-state index in [9.17, 15) is 18.0 Å². The molecule has 2 aromatic carbocycles. The first kappa shape index (κ1) is 20.4. The zero-order valence-corrected chi connectivity index (χ0v) is 15.9. The third-order valence-electron chi connectivity index (χ3n) is 3.52. The predicted molar refractivity (Wildman–Crippen MR) is 99.3 cm³/mol. The number of hydrogen-bond acceptors (Lipinski definition) is 6. The van der Waals surface area contributed by atoms with Gasteiger partial charge in [0.05, 0.1) is 18.7 Å². The van der Waals surface area contributed by atoms with Crippen LogP contribution in [0, 0.1) is 0 Å². The van der Waals surface area contributed by atoms with Crippen LogP contribution in [0.1, 0.15) is 30.5 Å². The van der Waals surface area contributed by atoms with Crippen LogP contribution in [-0.2, 0) is 31.1 Å². The zero-order chi connectivity index (χ0) is 19.9. The third kappa shape index (κ3) is 7.49. The maximum atomic E-state index is 12.2. The molecule has 0 aliphatic rings. The van der Waals surface area contributed by atoms with Gasteiger partial charge in [-0.3, -0.25) is 9.59 Å². The van der Waals surface area contributed by atoms with E-state index in [0.717, 1.165) is 11.8 Å². The van der Waals surface area contributed by atoms with Crippen LogP contribution >= 0.6 is 0 Å². The van der Waals surface area contributed by atoms with Crippen molar-refractivity contribution in [2.75, 3.05) is 6.26 Å². The number of benzene rings is 2. The molecule has 0 heterocycles. The zero-order valence-electron chi connectivity index (χ0n) is 15.0. The van der Waals surface area contributed by atoms with Crippen molar-refractivity contribution in [1.82, 2.24) is 5.32 Å². The van der Waals surface area contributed by atoms with E-state index >= 15 is 0 Å².